The van der Waals surface area contributed by atoms with Crippen molar-refractivity contribution in [2.45, 2.75) is 13.0 Å². The van der Waals surface area contributed by atoms with Crippen molar-refractivity contribution in [3.05, 3.63) is 48.9 Å². The van der Waals surface area contributed by atoms with Crippen molar-refractivity contribution in [3.8, 4) is 11.4 Å². The summed E-state index contributed by atoms with van der Waals surface area (Å²) < 4.78 is 5.47. The number of hydrogen-bond acceptors (Lipinski definition) is 7. The van der Waals surface area contributed by atoms with Crippen LogP contribution in [0.1, 0.15) is 18.9 Å². The third-order valence-electron chi connectivity index (χ3n) is 4.81. The summed E-state index contributed by atoms with van der Waals surface area (Å²) in [5, 5.41) is 8.92. The summed E-state index contributed by atoms with van der Waals surface area (Å²) in [5.41, 5.74) is 0.919. The van der Waals surface area contributed by atoms with Crippen LogP contribution in [0.3, 0.4) is 0 Å². The minimum atomic E-state index is -0.507. The lowest BCUT2D eigenvalue weighted by atomic mass is 10.2. The van der Waals surface area contributed by atoms with Crippen molar-refractivity contribution in [3.63, 3.8) is 0 Å². The molecule has 1 aromatic carbocycles. The van der Waals surface area contributed by atoms with Crippen molar-refractivity contribution >= 4 is 11.9 Å². The van der Waals surface area contributed by atoms with E-state index >= 15 is 0 Å². The summed E-state index contributed by atoms with van der Waals surface area (Å²) in [6.45, 7) is 9.00. The quantitative estimate of drug-likeness (QED) is 0.680. The van der Waals surface area contributed by atoms with Crippen LogP contribution < -0.4 is 10.6 Å². The van der Waals surface area contributed by atoms with Gasteiger partial charge in [-0.1, -0.05) is 41.6 Å². The molecule has 2 heterocycles. The van der Waals surface area contributed by atoms with Gasteiger partial charge in [0, 0.05) is 38.3 Å². The molecule has 154 valence electrons. The first-order chi connectivity index (χ1) is 14.1. The zero-order valence-corrected chi connectivity index (χ0v) is 16.5. The molecule has 0 aliphatic carbocycles. The lowest BCUT2D eigenvalue weighted by molar-refractivity contribution is -0.121. The van der Waals surface area contributed by atoms with Gasteiger partial charge in [0.25, 0.3) is 0 Å². The lowest BCUT2D eigenvalue weighted by Gasteiger charge is -2.36. The Kier molecular flexibility index (Phi) is 7.09. The van der Waals surface area contributed by atoms with Crippen molar-refractivity contribution in [1.82, 2.24) is 30.6 Å². The number of urea groups is 1. The van der Waals surface area contributed by atoms with Crippen molar-refractivity contribution in [2.75, 3.05) is 39.3 Å². The number of aromatic nitrogens is 2. The Morgan fingerprint density at radius 2 is 1.97 bits per heavy atom. The van der Waals surface area contributed by atoms with E-state index in [0.717, 1.165) is 18.7 Å². The van der Waals surface area contributed by atoms with E-state index in [1.807, 2.05) is 42.2 Å². The van der Waals surface area contributed by atoms with Gasteiger partial charge in [-0.15, -0.1) is 6.58 Å². The van der Waals surface area contributed by atoms with Crippen LogP contribution in [0.25, 0.3) is 11.4 Å². The lowest BCUT2D eigenvalue weighted by Crippen LogP contribution is -2.51. The van der Waals surface area contributed by atoms with Gasteiger partial charge in [0.2, 0.25) is 17.6 Å². The fourth-order valence-electron chi connectivity index (χ4n) is 3.15. The van der Waals surface area contributed by atoms with E-state index in [4.69, 9.17) is 4.52 Å². The molecule has 0 radical (unpaired) electrons. The van der Waals surface area contributed by atoms with Gasteiger partial charge in [-0.2, -0.15) is 4.98 Å². The van der Waals surface area contributed by atoms with E-state index in [2.05, 4.69) is 32.3 Å². The van der Waals surface area contributed by atoms with E-state index in [1.165, 1.54) is 0 Å². The van der Waals surface area contributed by atoms with Crippen LogP contribution in [0.15, 0.2) is 47.5 Å². The number of piperazine rings is 1. The Morgan fingerprint density at radius 3 is 2.66 bits per heavy atom. The maximum atomic E-state index is 12.0. The first-order valence-electron chi connectivity index (χ1n) is 9.61. The van der Waals surface area contributed by atoms with E-state index < -0.39 is 6.03 Å². The van der Waals surface area contributed by atoms with E-state index in [-0.39, 0.29) is 18.5 Å². The molecule has 1 aromatic heterocycles. The molecule has 9 nitrogen and oxygen atoms in total. The van der Waals surface area contributed by atoms with Gasteiger partial charge >= 0.3 is 6.03 Å². The largest absolute Gasteiger partial charge is 0.337 e. The van der Waals surface area contributed by atoms with E-state index in [9.17, 15) is 9.59 Å². The first kappa shape index (κ1) is 20.7. The highest BCUT2D eigenvalue weighted by atomic mass is 16.5. The van der Waals surface area contributed by atoms with Crippen LogP contribution in [-0.2, 0) is 4.79 Å². The smallest absolute Gasteiger partial charge is 0.321 e. The Labute approximate surface area is 169 Å². The molecule has 2 N–H and O–H groups in total. The highest BCUT2D eigenvalue weighted by molar-refractivity contribution is 5.95. The van der Waals surface area contributed by atoms with Gasteiger partial charge in [0.1, 0.15) is 0 Å². The number of carbonyl (C=O) groups is 2. The topological polar surface area (TPSA) is 104 Å². The van der Waals surface area contributed by atoms with Gasteiger partial charge < -0.3 is 9.84 Å². The fraction of sp³-hybridized carbons (Fsp3) is 0.400. The molecule has 1 fully saturated rings. The molecule has 1 aliphatic heterocycles. The third kappa shape index (κ3) is 5.72. The van der Waals surface area contributed by atoms with Gasteiger partial charge in [-0.3, -0.25) is 19.9 Å². The molecule has 1 saturated heterocycles. The minimum Gasteiger partial charge on any atom is -0.337 e. The number of hydrogen-bond donors (Lipinski definition) is 2. The molecule has 2 aromatic rings. The Hall–Kier alpha value is -3.04. The second-order valence-electron chi connectivity index (χ2n) is 6.86. The summed E-state index contributed by atoms with van der Waals surface area (Å²) in [6.07, 6.45) is 1.55. The Bertz CT molecular complexity index is 830. The molecular formula is C20H26N6O3. The van der Waals surface area contributed by atoms with Crippen LogP contribution in [-0.4, -0.2) is 71.1 Å². The first-order valence-corrected chi connectivity index (χ1v) is 9.61. The number of amides is 3. The highest BCUT2D eigenvalue weighted by Crippen LogP contribution is 2.23. The van der Waals surface area contributed by atoms with Crippen LogP contribution in [0.4, 0.5) is 4.79 Å². The third-order valence-corrected chi connectivity index (χ3v) is 4.81. The monoisotopic (exact) mass is 398 g/mol. The maximum absolute atomic E-state index is 12.0. The van der Waals surface area contributed by atoms with Crippen LogP contribution >= 0.6 is 0 Å². The molecule has 1 atom stereocenters. The predicted molar refractivity (Wildman–Crippen MR) is 108 cm³/mol. The summed E-state index contributed by atoms with van der Waals surface area (Å²) in [5.74, 6) is 0.837. The van der Waals surface area contributed by atoms with E-state index in [1.54, 1.807) is 6.08 Å². The number of nitrogens with zero attached hydrogens (tertiary/aromatic N) is 4. The summed E-state index contributed by atoms with van der Waals surface area (Å²) in [4.78, 5) is 32.3. The number of rotatable bonds is 7. The second-order valence-corrected chi connectivity index (χ2v) is 6.86. The average Bonchev–Trinajstić information content (AvgIpc) is 3.23. The number of nitrogens with one attached hydrogen (secondary N) is 2. The highest BCUT2D eigenvalue weighted by Gasteiger charge is 2.26. The molecule has 0 bridgehead atoms. The zero-order chi connectivity index (χ0) is 20.6. The van der Waals surface area contributed by atoms with Gasteiger partial charge in [-0.05, 0) is 6.92 Å². The molecule has 3 amide bonds. The number of carbonyl (C=O) groups excluding carboxylic acids is 2. The zero-order valence-electron chi connectivity index (χ0n) is 16.5. The average molecular weight is 398 g/mol. The fourth-order valence-corrected chi connectivity index (χ4v) is 3.15. The van der Waals surface area contributed by atoms with Gasteiger partial charge in [0.05, 0.1) is 12.6 Å². The maximum Gasteiger partial charge on any atom is 0.321 e. The molecule has 29 heavy (non-hydrogen) atoms. The minimum absolute atomic E-state index is 0.0133. The molecule has 3 rings (SSSR count). The SMILES string of the molecule is C=CCNC(=O)NC(=O)CN1CCN(C(C)c2nc(-c3ccccc3)no2)CC1. The van der Waals surface area contributed by atoms with Crippen molar-refractivity contribution < 1.29 is 14.1 Å². The Balaban J connectivity index is 1.47. The van der Waals surface area contributed by atoms with Crippen molar-refractivity contribution in [1.29, 1.82) is 0 Å². The summed E-state index contributed by atoms with van der Waals surface area (Å²) in [7, 11) is 0. The molecule has 0 saturated carbocycles. The molecule has 1 unspecified atom stereocenters. The summed E-state index contributed by atoms with van der Waals surface area (Å²) >= 11 is 0. The van der Waals surface area contributed by atoms with Crippen LogP contribution in [0, 0.1) is 0 Å². The second kappa shape index (κ2) is 9.94. The van der Waals surface area contributed by atoms with Crippen LogP contribution in [0.2, 0.25) is 0 Å². The van der Waals surface area contributed by atoms with E-state index in [0.29, 0.717) is 31.3 Å². The van der Waals surface area contributed by atoms with Crippen LogP contribution in [0.5, 0.6) is 0 Å². The molecular weight excluding hydrogens is 372 g/mol. The predicted octanol–water partition coefficient (Wildman–Crippen LogP) is 1.43. The number of imide groups is 1. The molecule has 1 aliphatic rings. The van der Waals surface area contributed by atoms with Crippen molar-refractivity contribution in [2.24, 2.45) is 0 Å². The molecule has 9 heteroatoms. The van der Waals surface area contributed by atoms with Gasteiger partial charge in [0.15, 0.2) is 0 Å². The normalized spacial score (nSPS) is 16.2. The Morgan fingerprint density at radius 1 is 1.24 bits per heavy atom. The van der Waals surface area contributed by atoms with Gasteiger partial charge in [-0.25, -0.2) is 4.79 Å². The summed E-state index contributed by atoms with van der Waals surface area (Å²) in [6, 6.07) is 9.19. The standard InChI is InChI=1S/C20H26N6O3/c1-3-9-21-20(28)22-17(27)14-25-10-12-26(13-11-25)15(2)19-23-18(24-29-19)16-7-5-4-6-8-16/h3-8,15H,1,9-14H2,2H3,(H2,21,22,27,28). The number of benzene rings is 1. The molecule has 0 spiro atoms.